The third kappa shape index (κ3) is 7.15. The van der Waals surface area contributed by atoms with Gasteiger partial charge in [-0.1, -0.05) is 42.5 Å². The molecule has 2 aromatic rings. The molecule has 0 aromatic heterocycles. The number of nitrogens with zero attached hydrogens (tertiary/aromatic N) is 1. The molecule has 0 amide bonds. The lowest BCUT2D eigenvalue weighted by Gasteiger charge is -2.17. The molecule has 0 aliphatic rings. The highest BCUT2D eigenvalue weighted by atomic mass is 16.5. The highest BCUT2D eigenvalue weighted by Crippen LogP contribution is 2.14. The maximum absolute atomic E-state index is 5.82. The van der Waals surface area contributed by atoms with Gasteiger partial charge in [-0.15, -0.1) is 0 Å². The summed E-state index contributed by atoms with van der Waals surface area (Å²) in [6.45, 7) is 6.75. The van der Waals surface area contributed by atoms with Crippen LogP contribution in [0.15, 0.2) is 59.6 Å². The van der Waals surface area contributed by atoms with Crippen LogP contribution in [0.25, 0.3) is 0 Å². The van der Waals surface area contributed by atoms with Gasteiger partial charge in [-0.25, -0.2) is 4.99 Å². The number of benzene rings is 2. The molecule has 2 aromatic carbocycles. The number of methoxy groups -OCH3 is 1. The second-order valence-electron chi connectivity index (χ2n) is 6.11. The molecule has 0 heterocycles. The zero-order chi connectivity index (χ0) is 18.6. The number of hydrogen-bond donors (Lipinski definition) is 2. The van der Waals surface area contributed by atoms with Crippen molar-refractivity contribution in [2.24, 2.45) is 4.99 Å². The first kappa shape index (κ1) is 19.8. The Balaban J connectivity index is 1.88. The smallest absolute Gasteiger partial charge is 0.191 e. The van der Waals surface area contributed by atoms with E-state index in [2.05, 4.69) is 41.6 Å². The summed E-state index contributed by atoms with van der Waals surface area (Å²) in [5.41, 5.74) is 2.29. The average Bonchev–Trinajstić information content (AvgIpc) is 2.66. The predicted molar refractivity (Wildman–Crippen MR) is 107 cm³/mol. The highest BCUT2D eigenvalue weighted by molar-refractivity contribution is 5.80. The van der Waals surface area contributed by atoms with E-state index in [9.17, 15) is 0 Å². The van der Waals surface area contributed by atoms with Crippen molar-refractivity contribution in [1.29, 1.82) is 0 Å². The topological polar surface area (TPSA) is 54.9 Å². The Bertz CT molecular complexity index is 657. The van der Waals surface area contributed by atoms with Crippen molar-refractivity contribution in [3.63, 3.8) is 0 Å². The zero-order valence-electron chi connectivity index (χ0n) is 15.9. The number of ether oxygens (including phenoxy) is 2. The van der Waals surface area contributed by atoms with E-state index in [4.69, 9.17) is 9.47 Å². The van der Waals surface area contributed by atoms with Gasteiger partial charge in [0.2, 0.25) is 0 Å². The van der Waals surface area contributed by atoms with Crippen LogP contribution in [0.1, 0.15) is 25.0 Å². The van der Waals surface area contributed by atoms with Crippen molar-refractivity contribution >= 4 is 5.96 Å². The SMILES string of the molecule is CCNC(=NCc1ccc(OCc2ccccc2)cc1)NC(C)COC. The molecule has 5 nitrogen and oxygen atoms in total. The van der Waals surface area contributed by atoms with Crippen molar-refractivity contribution in [3.8, 4) is 5.75 Å². The molecular formula is C21H29N3O2. The maximum Gasteiger partial charge on any atom is 0.191 e. The monoisotopic (exact) mass is 355 g/mol. The Morgan fingerprint density at radius 3 is 2.42 bits per heavy atom. The molecule has 0 spiro atoms. The van der Waals surface area contributed by atoms with Crippen molar-refractivity contribution < 1.29 is 9.47 Å². The molecule has 0 fully saturated rings. The van der Waals surface area contributed by atoms with Crippen LogP contribution in [0, 0.1) is 0 Å². The van der Waals surface area contributed by atoms with Crippen LogP contribution in [0.4, 0.5) is 0 Å². The van der Waals surface area contributed by atoms with Crippen molar-refractivity contribution in [2.75, 3.05) is 20.3 Å². The number of rotatable bonds is 9. The lowest BCUT2D eigenvalue weighted by Crippen LogP contribution is -2.43. The summed E-state index contributed by atoms with van der Waals surface area (Å²) in [5.74, 6) is 1.65. The largest absolute Gasteiger partial charge is 0.489 e. The van der Waals surface area contributed by atoms with Gasteiger partial charge in [-0.05, 0) is 37.1 Å². The van der Waals surface area contributed by atoms with E-state index in [0.29, 0.717) is 19.8 Å². The van der Waals surface area contributed by atoms with E-state index in [1.807, 2.05) is 42.5 Å². The van der Waals surface area contributed by atoms with Crippen molar-refractivity contribution in [2.45, 2.75) is 33.0 Å². The molecule has 0 saturated heterocycles. The maximum atomic E-state index is 5.82. The summed E-state index contributed by atoms with van der Waals surface area (Å²) in [6, 6.07) is 18.4. The van der Waals surface area contributed by atoms with Crippen LogP contribution in [-0.4, -0.2) is 32.3 Å². The van der Waals surface area contributed by atoms with E-state index >= 15 is 0 Å². The van der Waals surface area contributed by atoms with Crippen molar-refractivity contribution in [1.82, 2.24) is 10.6 Å². The van der Waals surface area contributed by atoms with Crippen LogP contribution in [-0.2, 0) is 17.9 Å². The Hall–Kier alpha value is -2.53. The fourth-order valence-electron chi connectivity index (χ4n) is 2.45. The molecule has 0 aliphatic carbocycles. The second-order valence-corrected chi connectivity index (χ2v) is 6.11. The molecule has 5 heteroatoms. The molecule has 26 heavy (non-hydrogen) atoms. The molecule has 0 radical (unpaired) electrons. The first-order valence-corrected chi connectivity index (χ1v) is 9.00. The molecule has 2 N–H and O–H groups in total. The van der Waals surface area contributed by atoms with Gasteiger partial charge in [-0.3, -0.25) is 0 Å². The molecule has 2 rings (SSSR count). The van der Waals surface area contributed by atoms with E-state index in [1.54, 1.807) is 7.11 Å². The van der Waals surface area contributed by atoms with Gasteiger partial charge in [0, 0.05) is 19.7 Å². The van der Waals surface area contributed by atoms with E-state index in [-0.39, 0.29) is 6.04 Å². The lowest BCUT2D eigenvalue weighted by molar-refractivity contribution is 0.179. The van der Waals surface area contributed by atoms with Crippen LogP contribution in [0.5, 0.6) is 5.75 Å². The number of hydrogen-bond acceptors (Lipinski definition) is 3. The Kier molecular flexibility index (Phi) is 8.49. The second kappa shape index (κ2) is 11.2. The van der Waals surface area contributed by atoms with Crippen LogP contribution >= 0.6 is 0 Å². The molecule has 140 valence electrons. The summed E-state index contributed by atoms with van der Waals surface area (Å²) in [7, 11) is 1.70. The van der Waals surface area contributed by atoms with Gasteiger partial charge in [0.15, 0.2) is 5.96 Å². The third-order valence-corrected chi connectivity index (χ3v) is 3.74. The predicted octanol–water partition coefficient (Wildman–Crippen LogP) is 3.36. The quantitative estimate of drug-likeness (QED) is 0.535. The van der Waals surface area contributed by atoms with Gasteiger partial charge in [0.1, 0.15) is 12.4 Å². The zero-order valence-corrected chi connectivity index (χ0v) is 15.9. The van der Waals surface area contributed by atoms with Gasteiger partial charge in [-0.2, -0.15) is 0 Å². The minimum atomic E-state index is 0.201. The number of aliphatic imine (C=N–C) groups is 1. The Labute approximate surface area is 156 Å². The summed E-state index contributed by atoms with van der Waals surface area (Å²) in [5, 5.41) is 6.58. The first-order chi connectivity index (χ1) is 12.7. The van der Waals surface area contributed by atoms with Crippen LogP contribution in [0.3, 0.4) is 0 Å². The fraction of sp³-hybridized carbons (Fsp3) is 0.381. The van der Waals surface area contributed by atoms with Crippen molar-refractivity contribution in [3.05, 3.63) is 65.7 Å². The average molecular weight is 355 g/mol. The molecule has 0 saturated carbocycles. The minimum absolute atomic E-state index is 0.201. The van der Waals surface area contributed by atoms with Gasteiger partial charge in [0.25, 0.3) is 0 Å². The summed E-state index contributed by atoms with van der Waals surface area (Å²) < 4.78 is 11.0. The van der Waals surface area contributed by atoms with Gasteiger partial charge < -0.3 is 20.1 Å². The molecular weight excluding hydrogens is 326 g/mol. The van der Waals surface area contributed by atoms with Crippen LogP contribution in [0.2, 0.25) is 0 Å². The lowest BCUT2D eigenvalue weighted by atomic mass is 10.2. The fourth-order valence-corrected chi connectivity index (χ4v) is 2.45. The summed E-state index contributed by atoms with van der Waals surface area (Å²) in [4.78, 5) is 4.63. The standard InChI is InChI=1S/C21H29N3O2/c1-4-22-21(24-17(2)15-25-3)23-14-18-10-12-20(13-11-18)26-16-19-8-6-5-7-9-19/h5-13,17H,4,14-16H2,1-3H3,(H2,22,23,24). The Morgan fingerprint density at radius 1 is 1.04 bits per heavy atom. The van der Waals surface area contributed by atoms with Gasteiger partial charge >= 0.3 is 0 Å². The molecule has 1 atom stereocenters. The molecule has 0 bridgehead atoms. The molecule has 1 unspecified atom stereocenters. The number of guanidine groups is 1. The third-order valence-electron chi connectivity index (χ3n) is 3.74. The normalized spacial score (nSPS) is 12.5. The minimum Gasteiger partial charge on any atom is -0.489 e. The number of nitrogens with one attached hydrogen (secondary N) is 2. The van der Waals surface area contributed by atoms with E-state index < -0.39 is 0 Å². The Morgan fingerprint density at radius 2 is 1.77 bits per heavy atom. The summed E-state index contributed by atoms with van der Waals surface area (Å²) >= 11 is 0. The van der Waals surface area contributed by atoms with Gasteiger partial charge in [0.05, 0.1) is 13.2 Å². The summed E-state index contributed by atoms with van der Waals surface area (Å²) in [6.07, 6.45) is 0. The highest BCUT2D eigenvalue weighted by Gasteiger charge is 2.04. The van der Waals surface area contributed by atoms with E-state index in [1.165, 1.54) is 0 Å². The molecule has 0 aliphatic heterocycles. The van der Waals surface area contributed by atoms with Crippen LogP contribution < -0.4 is 15.4 Å². The first-order valence-electron chi connectivity index (χ1n) is 9.00. The van der Waals surface area contributed by atoms with E-state index in [0.717, 1.165) is 29.4 Å².